The molecular weight excluding hydrogens is 174 g/mol. The van der Waals surface area contributed by atoms with Gasteiger partial charge in [0.15, 0.2) is 0 Å². The number of nitrogens with zero attached hydrogens (tertiary/aromatic N) is 3. The summed E-state index contributed by atoms with van der Waals surface area (Å²) in [6, 6.07) is 1.05. The van der Waals surface area contributed by atoms with Gasteiger partial charge in [-0.3, -0.25) is 9.74 Å². The first-order valence-corrected chi connectivity index (χ1v) is 5.42. The second-order valence-electron chi connectivity index (χ2n) is 4.53. The van der Waals surface area contributed by atoms with E-state index in [1.54, 1.807) is 0 Å². The Kier molecular flexibility index (Phi) is 3.91. The van der Waals surface area contributed by atoms with Crippen LogP contribution >= 0.6 is 0 Å². The van der Waals surface area contributed by atoms with Crippen LogP contribution in [0.1, 0.15) is 27.7 Å². The van der Waals surface area contributed by atoms with Gasteiger partial charge >= 0.3 is 0 Å². The van der Waals surface area contributed by atoms with Gasteiger partial charge in [0.1, 0.15) is 0 Å². The lowest BCUT2D eigenvalue weighted by atomic mass is 10.2. The molecule has 3 nitrogen and oxygen atoms in total. The first-order chi connectivity index (χ1) is 6.56. The quantitative estimate of drug-likeness (QED) is 0.621. The minimum Gasteiger partial charge on any atom is -0.295 e. The van der Waals surface area contributed by atoms with E-state index < -0.39 is 0 Å². The van der Waals surface area contributed by atoms with Crippen molar-refractivity contribution in [1.29, 1.82) is 0 Å². The van der Waals surface area contributed by atoms with E-state index in [0.717, 1.165) is 19.6 Å². The highest BCUT2D eigenvalue weighted by Gasteiger charge is 2.33. The first-order valence-electron chi connectivity index (χ1n) is 5.42. The Bertz CT molecular complexity index is 217. The molecule has 1 heterocycles. The highest BCUT2D eigenvalue weighted by molar-refractivity contribution is 4.90. The second-order valence-corrected chi connectivity index (χ2v) is 4.53. The zero-order chi connectivity index (χ0) is 10.7. The van der Waals surface area contributed by atoms with Crippen LogP contribution in [0.25, 0.3) is 4.85 Å². The van der Waals surface area contributed by atoms with Gasteiger partial charge in [0.05, 0.1) is 6.54 Å². The van der Waals surface area contributed by atoms with Gasteiger partial charge in [-0.25, -0.2) is 11.5 Å². The van der Waals surface area contributed by atoms with Crippen LogP contribution in [0.5, 0.6) is 0 Å². The molecule has 0 N–H and O–H groups in total. The van der Waals surface area contributed by atoms with Gasteiger partial charge < -0.3 is 0 Å². The topological polar surface area (TPSA) is 10.8 Å². The molecule has 1 aliphatic heterocycles. The first kappa shape index (κ1) is 11.5. The van der Waals surface area contributed by atoms with Crippen molar-refractivity contribution in [2.75, 3.05) is 19.6 Å². The van der Waals surface area contributed by atoms with Crippen LogP contribution in [0, 0.1) is 6.57 Å². The smallest absolute Gasteiger partial charge is 0.292 e. The van der Waals surface area contributed by atoms with Crippen LogP contribution < -0.4 is 0 Å². The van der Waals surface area contributed by atoms with E-state index in [1.165, 1.54) is 0 Å². The van der Waals surface area contributed by atoms with Crippen molar-refractivity contribution >= 4 is 0 Å². The maximum atomic E-state index is 7.21. The molecule has 1 aliphatic rings. The second kappa shape index (κ2) is 4.77. The molecule has 0 radical (unpaired) electrons. The molecule has 80 valence electrons. The van der Waals surface area contributed by atoms with Crippen molar-refractivity contribution in [2.24, 2.45) is 0 Å². The Hall–Kier alpha value is -0.590. The lowest BCUT2D eigenvalue weighted by Crippen LogP contribution is -2.55. The predicted octanol–water partition coefficient (Wildman–Crippen LogP) is 1.67. The van der Waals surface area contributed by atoms with Gasteiger partial charge in [-0.15, -0.1) is 0 Å². The Morgan fingerprint density at radius 2 is 1.79 bits per heavy atom. The van der Waals surface area contributed by atoms with E-state index in [9.17, 15) is 0 Å². The molecule has 1 rings (SSSR count). The summed E-state index contributed by atoms with van der Waals surface area (Å²) in [6.45, 7) is 19.0. The largest absolute Gasteiger partial charge is 0.295 e. The molecule has 1 fully saturated rings. The molecule has 0 saturated carbocycles. The fraction of sp³-hybridized carbons (Fsp3) is 0.909. The molecule has 0 aromatic rings. The molecule has 0 spiro atoms. The van der Waals surface area contributed by atoms with Crippen LogP contribution in [-0.2, 0) is 0 Å². The van der Waals surface area contributed by atoms with E-state index in [1.807, 2.05) is 0 Å². The standard InChI is InChI=1S/C11H21N3/c1-9(2)13-6-7-14(10(3)4)11(8-13)12-5/h9-11H,6-8H2,1-4H3. The third kappa shape index (κ3) is 2.46. The van der Waals surface area contributed by atoms with Crippen LogP contribution in [0.15, 0.2) is 0 Å². The fourth-order valence-corrected chi connectivity index (χ4v) is 1.99. The summed E-state index contributed by atoms with van der Waals surface area (Å²) in [5.74, 6) is 0. The minimum absolute atomic E-state index is 0.0612. The molecular formula is C11H21N3. The number of hydrogen-bond acceptors (Lipinski definition) is 2. The maximum absolute atomic E-state index is 7.21. The molecule has 0 aromatic heterocycles. The normalized spacial score (nSPS) is 25.6. The summed E-state index contributed by atoms with van der Waals surface area (Å²) in [7, 11) is 0. The van der Waals surface area contributed by atoms with Gasteiger partial charge in [0, 0.05) is 25.2 Å². The summed E-state index contributed by atoms with van der Waals surface area (Å²) >= 11 is 0. The summed E-state index contributed by atoms with van der Waals surface area (Å²) in [6.07, 6.45) is 0.0612. The average molecular weight is 195 g/mol. The average Bonchev–Trinajstić information content (AvgIpc) is 2.16. The summed E-state index contributed by atoms with van der Waals surface area (Å²) in [5, 5.41) is 0. The summed E-state index contributed by atoms with van der Waals surface area (Å²) < 4.78 is 0. The highest BCUT2D eigenvalue weighted by Crippen LogP contribution is 2.15. The van der Waals surface area contributed by atoms with Gasteiger partial charge in [0.25, 0.3) is 6.17 Å². The maximum Gasteiger partial charge on any atom is 0.292 e. The van der Waals surface area contributed by atoms with E-state index in [0.29, 0.717) is 12.1 Å². The lowest BCUT2D eigenvalue weighted by Gasteiger charge is -2.38. The zero-order valence-corrected chi connectivity index (χ0v) is 9.70. The van der Waals surface area contributed by atoms with Crippen molar-refractivity contribution in [3.63, 3.8) is 0 Å². The molecule has 3 heteroatoms. The number of hydrogen-bond donors (Lipinski definition) is 0. The van der Waals surface area contributed by atoms with Crippen LogP contribution in [-0.4, -0.2) is 47.7 Å². The third-order valence-electron chi connectivity index (χ3n) is 2.97. The molecule has 14 heavy (non-hydrogen) atoms. The number of rotatable bonds is 2. The van der Waals surface area contributed by atoms with Crippen LogP contribution in [0.2, 0.25) is 0 Å². The molecule has 0 aromatic carbocycles. The summed E-state index contributed by atoms with van der Waals surface area (Å²) in [4.78, 5) is 8.41. The van der Waals surface area contributed by atoms with Crippen molar-refractivity contribution in [1.82, 2.24) is 9.80 Å². The number of piperazine rings is 1. The Balaban J connectivity index is 2.60. The van der Waals surface area contributed by atoms with Gasteiger partial charge in [0.2, 0.25) is 0 Å². The SMILES string of the molecule is [C-]#[N+]C1CN(C(C)C)CCN1C(C)C. The van der Waals surface area contributed by atoms with E-state index >= 15 is 0 Å². The highest BCUT2D eigenvalue weighted by atomic mass is 15.3. The summed E-state index contributed by atoms with van der Waals surface area (Å²) in [5.41, 5.74) is 0. The van der Waals surface area contributed by atoms with E-state index in [4.69, 9.17) is 6.57 Å². The predicted molar refractivity (Wildman–Crippen MR) is 58.9 cm³/mol. The zero-order valence-electron chi connectivity index (χ0n) is 9.70. The fourth-order valence-electron chi connectivity index (χ4n) is 1.99. The van der Waals surface area contributed by atoms with E-state index in [2.05, 4.69) is 42.3 Å². The Morgan fingerprint density at radius 1 is 1.14 bits per heavy atom. The van der Waals surface area contributed by atoms with Crippen molar-refractivity contribution in [3.8, 4) is 0 Å². The van der Waals surface area contributed by atoms with Gasteiger partial charge in [-0.05, 0) is 27.7 Å². The van der Waals surface area contributed by atoms with Gasteiger partial charge in [-0.1, -0.05) is 0 Å². The van der Waals surface area contributed by atoms with Crippen LogP contribution in [0.3, 0.4) is 0 Å². The molecule has 0 bridgehead atoms. The molecule has 1 unspecified atom stereocenters. The van der Waals surface area contributed by atoms with Crippen LogP contribution in [0.4, 0.5) is 0 Å². The molecule has 0 aliphatic carbocycles. The Labute approximate surface area is 87.5 Å². The monoisotopic (exact) mass is 195 g/mol. The van der Waals surface area contributed by atoms with Gasteiger partial charge in [-0.2, -0.15) is 0 Å². The molecule has 0 amide bonds. The van der Waals surface area contributed by atoms with Crippen molar-refractivity contribution in [2.45, 2.75) is 45.9 Å². The third-order valence-corrected chi connectivity index (χ3v) is 2.97. The minimum atomic E-state index is 0.0612. The molecule has 1 atom stereocenters. The molecule has 1 saturated heterocycles. The lowest BCUT2D eigenvalue weighted by molar-refractivity contribution is 0.0559. The van der Waals surface area contributed by atoms with Crippen molar-refractivity contribution < 1.29 is 0 Å². The van der Waals surface area contributed by atoms with Crippen molar-refractivity contribution in [3.05, 3.63) is 11.4 Å². The van der Waals surface area contributed by atoms with E-state index in [-0.39, 0.29) is 6.17 Å². The Morgan fingerprint density at radius 3 is 2.21 bits per heavy atom.